The molecule has 12 heteroatoms. The van der Waals surface area contributed by atoms with E-state index in [4.69, 9.17) is 15.1 Å². The summed E-state index contributed by atoms with van der Waals surface area (Å²) in [7, 11) is -3.83. The van der Waals surface area contributed by atoms with Crippen LogP contribution >= 0.6 is 0 Å². The smallest absolute Gasteiger partial charge is 0.264 e. The van der Waals surface area contributed by atoms with Gasteiger partial charge >= 0.3 is 0 Å². The zero-order chi connectivity index (χ0) is 25.1. The number of hydrogen-bond acceptors (Lipinski definition) is 8. The topological polar surface area (TPSA) is 151 Å². The first-order chi connectivity index (χ1) is 16.0. The highest BCUT2D eigenvalue weighted by Crippen LogP contribution is 2.29. The Morgan fingerprint density at radius 3 is 2.65 bits per heavy atom. The van der Waals surface area contributed by atoms with E-state index in [0.717, 1.165) is 6.26 Å². The van der Waals surface area contributed by atoms with Crippen LogP contribution in [-0.2, 0) is 21.2 Å². The molecular formula is C22H26FN3O7S. The maximum absolute atomic E-state index is 14.7. The number of fused-ring (bicyclic) bond motifs is 1. The quantitative estimate of drug-likeness (QED) is 0.243. The van der Waals surface area contributed by atoms with Crippen LogP contribution < -0.4 is 10.2 Å². The zero-order valence-corrected chi connectivity index (χ0v) is 19.4. The molecule has 0 radical (unpaired) electrons. The van der Waals surface area contributed by atoms with Gasteiger partial charge in [0.25, 0.3) is 5.91 Å². The lowest BCUT2D eigenvalue weighted by Gasteiger charge is -2.24. The number of ether oxygens (including phenoxy) is 1. The number of carbonyl (C=O) groups is 1. The van der Waals surface area contributed by atoms with Gasteiger partial charge in [-0.3, -0.25) is 14.7 Å². The highest BCUT2D eigenvalue weighted by molar-refractivity contribution is 7.92. The lowest BCUT2D eigenvalue weighted by atomic mass is 10.0. The van der Waals surface area contributed by atoms with E-state index in [-0.39, 0.29) is 25.3 Å². The molecule has 4 N–H and O–H groups in total. The van der Waals surface area contributed by atoms with Crippen LogP contribution in [0.4, 0.5) is 4.39 Å². The molecule has 34 heavy (non-hydrogen) atoms. The Morgan fingerprint density at radius 2 is 2.03 bits per heavy atom. The van der Waals surface area contributed by atoms with Crippen molar-refractivity contribution in [2.75, 3.05) is 19.5 Å². The summed E-state index contributed by atoms with van der Waals surface area (Å²) in [5.41, 5.74) is 2.89. The molecule has 0 unspecified atom stereocenters. The molecule has 0 spiro atoms. The Bertz CT molecular complexity index is 1290. The number of carbonyl (C=O) groups excluding carboxylic acids is 1. The fraction of sp³-hybridized carbons (Fsp3) is 0.364. The van der Waals surface area contributed by atoms with Crippen molar-refractivity contribution in [3.8, 4) is 16.9 Å². The van der Waals surface area contributed by atoms with Crippen molar-refractivity contribution in [1.29, 1.82) is 0 Å². The molecule has 2 atom stereocenters. The highest BCUT2D eigenvalue weighted by atomic mass is 32.2. The van der Waals surface area contributed by atoms with Crippen LogP contribution in [0.5, 0.6) is 5.75 Å². The van der Waals surface area contributed by atoms with Crippen LogP contribution in [0, 0.1) is 5.82 Å². The van der Waals surface area contributed by atoms with Gasteiger partial charge in [0.1, 0.15) is 24.3 Å². The minimum Gasteiger partial charge on any atom is -0.491 e. The minimum atomic E-state index is -3.83. The predicted molar refractivity (Wildman–Crippen MR) is 122 cm³/mol. The van der Waals surface area contributed by atoms with Crippen LogP contribution in [0.25, 0.3) is 22.0 Å². The number of benzene rings is 2. The normalized spacial score (nSPS) is 14.5. The summed E-state index contributed by atoms with van der Waals surface area (Å²) >= 11 is 0. The van der Waals surface area contributed by atoms with E-state index >= 15 is 0 Å². The van der Waals surface area contributed by atoms with Crippen LogP contribution in [0.2, 0.25) is 0 Å². The van der Waals surface area contributed by atoms with Crippen LogP contribution in [0.1, 0.15) is 13.3 Å². The first-order valence-electron chi connectivity index (χ1n) is 10.3. The average Bonchev–Trinajstić information content (AvgIpc) is 3.21. The highest BCUT2D eigenvalue weighted by Gasteiger charge is 2.43. The van der Waals surface area contributed by atoms with Crippen LogP contribution in [-0.4, -0.2) is 69.8 Å². The first-order valence-corrected chi connectivity index (χ1v) is 12.2. The van der Waals surface area contributed by atoms with Crippen LogP contribution in [0.3, 0.4) is 0 Å². The second-order valence-corrected chi connectivity index (χ2v) is 10.6. The van der Waals surface area contributed by atoms with Gasteiger partial charge < -0.3 is 14.9 Å². The molecular weight excluding hydrogens is 469 g/mol. The number of hydrogen-bond donors (Lipinski definition) is 4. The number of aliphatic hydroxyl groups is 2. The second-order valence-electron chi connectivity index (χ2n) is 8.15. The Kier molecular flexibility index (Phi) is 7.56. The number of aryl methyl sites for hydroxylation is 1. The molecule has 10 nitrogen and oxygen atoms in total. The molecule has 3 aromatic rings. The number of halogens is 1. The molecule has 0 bridgehead atoms. The Morgan fingerprint density at radius 1 is 1.29 bits per heavy atom. The number of nitrogens with zero attached hydrogens (tertiary/aromatic N) is 2. The lowest BCUT2D eigenvalue weighted by Crippen LogP contribution is -2.49. The van der Waals surface area contributed by atoms with Gasteiger partial charge in [0.15, 0.2) is 14.6 Å². The third kappa shape index (κ3) is 5.36. The molecule has 1 amide bonds. The molecule has 0 saturated heterocycles. The number of rotatable bonds is 10. The maximum atomic E-state index is 14.7. The fourth-order valence-corrected chi connectivity index (χ4v) is 4.18. The molecule has 0 saturated carbocycles. The van der Waals surface area contributed by atoms with Crippen molar-refractivity contribution in [1.82, 2.24) is 15.3 Å². The summed E-state index contributed by atoms with van der Waals surface area (Å²) in [4.78, 5) is 12.0. The molecule has 3 rings (SSSR count). The van der Waals surface area contributed by atoms with Crippen LogP contribution in [0.15, 0.2) is 42.6 Å². The molecule has 1 heterocycles. The van der Waals surface area contributed by atoms with Crippen molar-refractivity contribution < 1.29 is 37.8 Å². The minimum absolute atomic E-state index is 0.0844. The second kappa shape index (κ2) is 10.1. The van der Waals surface area contributed by atoms with Gasteiger partial charge in [-0.25, -0.2) is 18.3 Å². The summed E-state index contributed by atoms with van der Waals surface area (Å²) in [5, 5.41) is 32.2. The van der Waals surface area contributed by atoms with E-state index in [1.165, 1.54) is 29.2 Å². The number of amides is 1. The Balaban J connectivity index is 1.81. The van der Waals surface area contributed by atoms with E-state index in [1.807, 2.05) is 0 Å². The molecule has 0 aliphatic rings. The number of nitrogens with one attached hydrogen (secondary N) is 1. The van der Waals surface area contributed by atoms with E-state index in [1.54, 1.807) is 30.5 Å². The Labute approximate surface area is 195 Å². The summed E-state index contributed by atoms with van der Waals surface area (Å²) < 4.78 is 43.8. The molecule has 1 aromatic heterocycles. The summed E-state index contributed by atoms with van der Waals surface area (Å²) in [6.07, 6.45) is 1.40. The summed E-state index contributed by atoms with van der Waals surface area (Å²) in [5.74, 6) is -1.35. The van der Waals surface area contributed by atoms with E-state index in [9.17, 15) is 22.7 Å². The molecule has 184 valence electrons. The molecule has 0 aliphatic carbocycles. The van der Waals surface area contributed by atoms with Gasteiger partial charge in [0.05, 0.1) is 12.1 Å². The van der Waals surface area contributed by atoms with Crippen molar-refractivity contribution in [3.05, 3.63) is 48.4 Å². The van der Waals surface area contributed by atoms with Crippen molar-refractivity contribution in [2.45, 2.75) is 30.7 Å². The molecule has 2 aromatic carbocycles. The fourth-order valence-electron chi connectivity index (χ4n) is 3.34. The van der Waals surface area contributed by atoms with E-state index < -0.39 is 39.0 Å². The number of aromatic nitrogens is 2. The largest absolute Gasteiger partial charge is 0.491 e. The van der Waals surface area contributed by atoms with Gasteiger partial charge in [-0.15, -0.1) is 0 Å². The van der Waals surface area contributed by atoms with E-state index in [2.05, 4.69) is 5.10 Å². The maximum Gasteiger partial charge on any atom is 0.264 e. The van der Waals surface area contributed by atoms with Gasteiger partial charge in [-0.05, 0) is 43.2 Å². The van der Waals surface area contributed by atoms with Crippen molar-refractivity contribution >= 4 is 26.6 Å². The number of hydroxylamine groups is 1. The average molecular weight is 496 g/mol. The third-order valence-electron chi connectivity index (χ3n) is 5.67. The monoisotopic (exact) mass is 495 g/mol. The zero-order valence-electron chi connectivity index (χ0n) is 18.6. The summed E-state index contributed by atoms with van der Waals surface area (Å²) in [6, 6.07) is 9.38. The van der Waals surface area contributed by atoms with Gasteiger partial charge in [-0.2, -0.15) is 5.10 Å². The molecule has 0 aliphatic heterocycles. The van der Waals surface area contributed by atoms with Crippen molar-refractivity contribution in [2.24, 2.45) is 0 Å². The standard InChI is InChI=1S/C22H26FN3O7S/c1-22(21(29)25-30,34(2,31)32)7-8-26-11-15-9-14(3-6-20(15)24-26)18-5-4-17(10-19(18)23)33-13-16(28)12-27/h3-6,9-11,16,27-28,30H,7-8,12-13H2,1-2H3,(H,25,29)/t16-,22-/m1/s1. The lowest BCUT2D eigenvalue weighted by molar-refractivity contribution is -0.131. The number of aliphatic hydroxyl groups excluding tert-OH is 2. The molecule has 0 fully saturated rings. The van der Waals surface area contributed by atoms with Gasteiger partial charge in [-0.1, -0.05) is 6.07 Å². The predicted octanol–water partition coefficient (Wildman–Crippen LogP) is 1.27. The van der Waals surface area contributed by atoms with Gasteiger partial charge in [0.2, 0.25) is 0 Å². The third-order valence-corrected chi connectivity index (χ3v) is 7.70. The Hall–Kier alpha value is -3.06. The number of sulfone groups is 1. The summed E-state index contributed by atoms with van der Waals surface area (Å²) in [6.45, 7) is 0.687. The van der Waals surface area contributed by atoms with E-state index in [0.29, 0.717) is 22.0 Å². The SMILES string of the molecule is C[C@@](CCn1cc2cc(-c3ccc(OC[C@H](O)CO)cc3F)ccc2n1)(C(=O)NO)S(C)(=O)=O. The van der Waals surface area contributed by atoms with Gasteiger partial charge in [0, 0.05) is 36.0 Å². The van der Waals surface area contributed by atoms with Crippen molar-refractivity contribution in [3.63, 3.8) is 0 Å². The first kappa shape index (κ1) is 25.6.